The predicted octanol–water partition coefficient (Wildman–Crippen LogP) is 3.83. The van der Waals surface area contributed by atoms with Gasteiger partial charge >= 0.3 is 12.1 Å². The van der Waals surface area contributed by atoms with E-state index in [0.29, 0.717) is 5.75 Å². The maximum absolute atomic E-state index is 12.9. The molecule has 0 aliphatic carbocycles. The molecule has 1 amide bonds. The lowest BCUT2D eigenvalue weighted by Crippen LogP contribution is -2.51. The normalized spacial score (nSPS) is 14.2. The van der Waals surface area contributed by atoms with Crippen LogP contribution < -0.4 is 24.3 Å². The standard InChI is InChI=1S/C25H31N5O6/c1-14-8-9-15(25(2,3)4)10-18(14)36-24-26-17(13-34-24)20(31)27-19-21(32-6)28-23(29-22(19)33-7)35-16-11-30(5)12-16/h8-10,13,16H,11-12H2,1-7H3,(H,27,31). The summed E-state index contributed by atoms with van der Waals surface area (Å²) in [4.78, 5) is 27.7. The van der Waals surface area contributed by atoms with Crippen LogP contribution in [0.1, 0.15) is 42.4 Å². The molecular weight excluding hydrogens is 466 g/mol. The lowest BCUT2D eigenvalue weighted by Gasteiger charge is -2.35. The Kier molecular flexibility index (Phi) is 7.02. The van der Waals surface area contributed by atoms with Gasteiger partial charge in [-0.3, -0.25) is 9.69 Å². The summed E-state index contributed by atoms with van der Waals surface area (Å²) in [6.45, 7) is 9.81. The van der Waals surface area contributed by atoms with Gasteiger partial charge in [0.1, 0.15) is 18.1 Å². The third kappa shape index (κ3) is 5.51. The molecule has 2 aromatic heterocycles. The molecule has 3 heterocycles. The molecule has 0 atom stereocenters. The minimum atomic E-state index is -0.580. The average Bonchev–Trinajstić information content (AvgIpc) is 3.28. The van der Waals surface area contributed by atoms with Crippen LogP contribution in [-0.4, -0.2) is 66.2 Å². The van der Waals surface area contributed by atoms with Crippen molar-refractivity contribution in [3.63, 3.8) is 0 Å². The molecule has 192 valence electrons. The van der Waals surface area contributed by atoms with Crippen LogP contribution in [0.5, 0.6) is 29.6 Å². The highest BCUT2D eigenvalue weighted by Crippen LogP contribution is 2.35. The zero-order chi connectivity index (χ0) is 26.0. The number of carbonyl (C=O) groups excluding carboxylic acids is 1. The highest BCUT2D eigenvalue weighted by atomic mass is 16.6. The van der Waals surface area contributed by atoms with E-state index in [-0.39, 0.29) is 46.7 Å². The summed E-state index contributed by atoms with van der Waals surface area (Å²) in [5.74, 6) is 0.199. The fourth-order valence-electron chi connectivity index (χ4n) is 3.58. The number of nitrogens with one attached hydrogen (secondary N) is 1. The predicted molar refractivity (Wildman–Crippen MR) is 131 cm³/mol. The molecule has 1 aromatic carbocycles. The SMILES string of the molecule is COc1nc(OC2CN(C)C2)nc(OC)c1NC(=O)c1coc(Oc2cc(C(C)(C)C)ccc2C)n1. The molecule has 0 spiro atoms. The number of anilines is 1. The fourth-order valence-corrected chi connectivity index (χ4v) is 3.58. The summed E-state index contributed by atoms with van der Waals surface area (Å²) in [6, 6.07) is 6.07. The lowest BCUT2D eigenvalue weighted by molar-refractivity contribution is 0.0312. The van der Waals surface area contributed by atoms with Crippen LogP contribution in [0.4, 0.5) is 5.69 Å². The Balaban J connectivity index is 1.50. The van der Waals surface area contributed by atoms with Crippen molar-refractivity contribution in [1.82, 2.24) is 19.9 Å². The molecular formula is C25H31N5O6. The smallest absolute Gasteiger partial charge is 0.399 e. The van der Waals surface area contributed by atoms with Crippen molar-refractivity contribution < 1.29 is 28.2 Å². The number of benzene rings is 1. The van der Waals surface area contributed by atoms with E-state index in [2.05, 4.69) is 52.0 Å². The Morgan fingerprint density at radius 2 is 1.78 bits per heavy atom. The van der Waals surface area contributed by atoms with Crippen LogP contribution in [0, 0.1) is 6.92 Å². The summed E-state index contributed by atoms with van der Waals surface area (Å²) < 4.78 is 27.7. The zero-order valence-electron chi connectivity index (χ0n) is 21.5. The molecule has 0 saturated carbocycles. The third-order valence-corrected chi connectivity index (χ3v) is 5.72. The summed E-state index contributed by atoms with van der Waals surface area (Å²) in [5, 5.41) is 2.67. The van der Waals surface area contributed by atoms with E-state index in [1.807, 2.05) is 26.1 Å². The number of nitrogens with zero attached hydrogens (tertiary/aromatic N) is 4. The highest BCUT2D eigenvalue weighted by Gasteiger charge is 2.28. The van der Waals surface area contributed by atoms with E-state index in [4.69, 9.17) is 23.4 Å². The second-order valence-corrected chi connectivity index (χ2v) is 9.65. The van der Waals surface area contributed by atoms with E-state index >= 15 is 0 Å². The van der Waals surface area contributed by atoms with Crippen molar-refractivity contribution in [1.29, 1.82) is 0 Å². The molecule has 1 aliphatic rings. The second kappa shape index (κ2) is 10.0. The van der Waals surface area contributed by atoms with Crippen LogP contribution in [0.3, 0.4) is 0 Å². The topological polar surface area (TPSA) is 121 Å². The van der Waals surface area contributed by atoms with E-state index in [0.717, 1.165) is 24.2 Å². The van der Waals surface area contributed by atoms with Crippen molar-refractivity contribution in [2.45, 2.75) is 39.2 Å². The molecule has 0 radical (unpaired) electrons. The van der Waals surface area contributed by atoms with Gasteiger partial charge in [-0.05, 0) is 36.6 Å². The molecule has 4 rings (SSSR count). The fraction of sp³-hybridized carbons (Fsp3) is 0.440. The monoisotopic (exact) mass is 497 g/mol. The first-order valence-corrected chi connectivity index (χ1v) is 11.5. The van der Waals surface area contributed by atoms with Crippen LogP contribution >= 0.6 is 0 Å². The molecule has 0 unspecified atom stereocenters. The van der Waals surface area contributed by atoms with E-state index < -0.39 is 5.91 Å². The van der Waals surface area contributed by atoms with Crippen molar-refractivity contribution in [3.05, 3.63) is 41.3 Å². The summed E-state index contributed by atoms with van der Waals surface area (Å²) in [5.41, 5.74) is 2.10. The second-order valence-electron chi connectivity index (χ2n) is 9.65. The number of amides is 1. The summed E-state index contributed by atoms with van der Waals surface area (Å²) in [6.07, 6.45) is 1.13. The summed E-state index contributed by atoms with van der Waals surface area (Å²) in [7, 11) is 4.84. The number of aromatic nitrogens is 3. The number of aryl methyl sites for hydroxylation is 1. The van der Waals surface area contributed by atoms with Gasteiger partial charge in [0, 0.05) is 13.1 Å². The van der Waals surface area contributed by atoms with Gasteiger partial charge in [0.2, 0.25) is 11.8 Å². The summed E-state index contributed by atoms with van der Waals surface area (Å²) >= 11 is 0. The van der Waals surface area contributed by atoms with E-state index in [9.17, 15) is 4.79 Å². The van der Waals surface area contributed by atoms with Crippen molar-refractivity contribution in [2.24, 2.45) is 0 Å². The first kappa shape index (κ1) is 25.2. The van der Waals surface area contributed by atoms with Gasteiger partial charge in [-0.25, -0.2) is 0 Å². The van der Waals surface area contributed by atoms with E-state index in [1.54, 1.807) is 0 Å². The number of hydrogen-bond acceptors (Lipinski definition) is 10. The first-order valence-electron chi connectivity index (χ1n) is 11.5. The Hall–Kier alpha value is -3.86. The Bertz CT molecular complexity index is 1220. The van der Waals surface area contributed by atoms with Gasteiger partial charge in [0.25, 0.3) is 5.91 Å². The zero-order valence-corrected chi connectivity index (χ0v) is 21.5. The van der Waals surface area contributed by atoms with Gasteiger partial charge in [0.05, 0.1) is 14.2 Å². The lowest BCUT2D eigenvalue weighted by atomic mass is 9.86. The van der Waals surface area contributed by atoms with E-state index in [1.165, 1.54) is 20.5 Å². The van der Waals surface area contributed by atoms with Gasteiger partial charge in [-0.2, -0.15) is 15.0 Å². The van der Waals surface area contributed by atoms with Gasteiger partial charge < -0.3 is 28.7 Å². The molecule has 1 aliphatic heterocycles. The molecule has 11 nitrogen and oxygen atoms in total. The maximum atomic E-state index is 12.9. The van der Waals surface area contributed by atoms with Gasteiger partial charge in [0.15, 0.2) is 11.4 Å². The molecule has 0 bridgehead atoms. The van der Waals surface area contributed by atoms with Crippen LogP contribution in [-0.2, 0) is 5.41 Å². The van der Waals surface area contributed by atoms with Crippen molar-refractivity contribution >= 4 is 11.6 Å². The Morgan fingerprint density at radius 1 is 1.11 bits per heavy atom. The molecule has 36 heavy (non-hydrogen) atoms. The van der Waals surface area contributed by atoms with Gasteiger partial charge in [-0.15, -0.1) is 0 Å². The first-order chi connectivity index (χ1) is 17.1. The van der Waals surface area contributed by atoms with Crippen LogP contribution in [0.25, 0.3) is 0 Å². The molecule has 1 N–H and O–H groups in total. The molecule has 1 saturated heterocycles. The number of likely N-dealkylation sites (tertiary alicyclic amines) is 1. The minimum Gasteiger partial charge on any atom is -0.479 e. The maximum Gasteiger partial charge on any atom is 0.399 e. The molecule has 1 fully saturated rings. The molecule has 3 aromatic rings. The quantitative estimate of drug-likeness (QED) is 0.491. The average molecular weight is 498 g/mol. The van der Waals surface area contributed by atoms with Crippen LogP contribution in [0.2, 0.25) is 0 Å². The van der Waals surface area contributed by atoms with Gasteiger partial charge in [-0.1, -0.05) is 32.9 Å². The molecule has 11 heteroatoms. The number of methoxy groups -OCH3 is 2. The largest absolute Gasteiger partial charge is 0.479 e. The number of likely N-dealkylation sites (N-methyl/N-ethyl adjacent to an activating group) is 1. The number of hydrogen-bond donors (Lipinski definition) is 1. The number of ether oxygens (including phenoxy) is 4. The van der Waals surface area contributed by atoms with Crippen molar-refractivity contribution in [2.75, 3.05) is 39.7 Å². The van der Waals surface area contributed by atoms with Crippen LogP contribution in [0.15, 0.2) is 28.9 Å². The minimum absolute atomic E-state index is 0.00318. The number of oxazole rings is 1. The number of rotatable bonds is 8. The third-order valence-electron chi connectivity index (χ3n) is 5.72. The number of carbonyl (C=O) groups is 1. The Morgan fingerprint density at radius 3 is 2.36 bits per heavy atom. The highest BCUT2D eigenvalue weighted by molar-refractivity contribution is 6.04. The Labute approximate surface area is 209 Å². The van der Waals surface area contributed by atoms with Crippen molar-refractivity contribution in [3.8, 4) is 29.6 Å².